The van der Waals surface area contributed by atoms with Gasteiger partial charge in [-0.3, -0.25) is 29.6 Å². The number of nitrogens with zero attached hydrogens (tertiary/aromatic N) is 5. The van der Waals surface area contributed by atoms with Crippen LogP contribution >= 0.6 is 0 Å². The lowest BCUT2D eigenvalue weighted by atomic mass is 10.3. The van der Waals surface area contributed by atoms with Gasteiger partial charge in [0.05, 0.1) is 22.2 Å². The lowest BCUT2D eigenvalue weighted by molar-refractivity contribution is -0.385. The Balaban J connectivity index is 1.83. The second kappa shape index (κ2) is 9.31. The fourth-order valence-electron chi connectivity index (χ4n) is 3.25. The molecule has 10 nitrogen and oxygen atoms in total. The van der Waals surface area contributed by atoms with Crippen molar-refractivity contribution in [2.45, 2.75) is 26.9 Å². The van der Waals surface area contributed by atoms with Gasteiger partial charge in [0.25, 0.3) is 11.2 Å². The molecule has 0 saturated heterocycles. The summed E-state index contributed by atoms with van der Waals surface area (Å²) in [6.07, 6.45) is 1.06. The van der Waals surface area contributed by atoms with Crippen molar-refractivity contribution in [2.75, 3.05) is 25.0 Å². The second-order valence-electron chi connectivity index (χ2n) is 6.76. The number of nitro groups is 1. The highest BCUT2D eigenvalue weighted by atomic mass is 16.6. The number of hydrogen-bond acceptors (Lipinski definition) is 6. The molecule has 3 aromatic rings. The molecule has 1 N–H and O–H groups in total. The standard InChI is InChI=1S/C20H24N6O4/c1-3-23(4-2)11-12-25-17-8-6-5-7-16(17)21-20(25)22-18(27)14-24-13-15(26(29)30)9-10-19(24)28/h5-10,13H,3-4,11-12,14H2,1-2H3,(H,21,22,27). The fourth-order valence-corrected chi connectivity index (χ4v) is 3.25. The normalized spacial score (nSPS) is 11.2. The molecule has 0 atom stereocenters. The number of nitrogens with one attached hydrogen (secondary N) is 1. The number of anilines is 1. The average Bonchev–Trinajstić information content (AvgIpc) is 3.07. The largest absolute Gasteiger partial charge is 0.309 e. The van der Waals surface area contributed by atoms with Crippen molar-refractivity contribution in [2.24, 2.45) is 0 Å². The van der Waals surface area contributed by atoms with Crippen LogP contribution in [0.25, 0.3) is 11.0 Å². The van der Waals surface area contributed by atoms with E-state index in [0.717, 1.165) is 53.6 Å². The Labute approximate surface area is 172 Å². The first-order valence-corrected chi connectivity index (χ1v) is 9.75. The Bertz CT molecular complexity index is 1120. The highest BCUT2D eigenvalue weighted by Crippen LogP contribution is 2.19. The van der Waals surface area contributed by atoms with E-state index in [0.29, 0.717) is 12.5 Å². The average molecular weight is 412 g/mol. The smallest absolute Gasteiger partial charge is 0.285 e. The van der Waals surface area contributed by atoms with Crippen LogP contribution in [0.15, 0.2) is 47.4 Å². The molecule has 158 valence electrons. The van der Waals surface area contributed by atoms with Crippen LogP contribution in [-0.2, 0) is 17.9 Å². The van der Waals surface area contributed by atoms with E-state index in [4.69, 9.17) is 0 Å². The zero-order chi connectivity index (χ0) is 21.7. The molecule has 0 aliphatic heterocycles. The number of pyridine rings is 1. The van der Waals surface area contributed by atoms with Crippen LogP contribution in [-0.4, -0.2) is 49.5 Å². The molecule has 0 bridgehead atoms. The Morgan fingerprint density at radius 3 is 2.63 bits per heavy atom. The number of aromatic nitrogens is 3. The van der Waals surface area contributed by atoms with Crippen LogP contribution in [0.1, 0.15) is 13.8 Å². The zero-order valence-electron chi connectivity index (χ0n) is 16.9. The Kier molecular flexibility index (Phi) is 6.58. The molecule has 1 aromatic carbocycles. The van der Waals surface area contributed by atoms with E-state index >= 15 is 0 Å². The van der Waals surface area contributed by atoms with Crippen molar-refractivity contribution in [1.82, 2.24) is 19.0 Å². The Morgan fingerprint density at radius 1 is 1.20 bits per heavy atom. The van der Waals surface area contributed by atoms with E-state index in [1.165, 1.54) is 0 Å². The summed E-state index contributed by atoms with van der Waals surface area (Å²) in [4.78, 5) is 41.7. The van der Waals surface area contributed by atoms with Crippen molar-refractivity contribution in [1.29, 1.82) is 0 Å². The van der Waals surface area contributed by atoms with Crippen LogP contribution in [0.5, 0.6) is 0 Å². The van der Waals surface area contributed by atoms with Gasteiger partial charge in [-0.1, -0.05) is 26.0 Å². The molecule has 0 radical (unpaired) electrons. The van der Waals surface area contributed by atoms with Crippen LogP contribution < -0.4 is 10.9 Å². The molecular weight excluding hydrogens is 388 g/mol. The summed E-state index contributed by atoms with van der Waals surface area (Å²) < 4.78 is 2.94. The molecule has 0 saturated carbocycles. The maximum atomic E-state index is 12.6. The van der Waals surface area contributed by atoms with E-state index < -0.39 is 16.4 Å². The van der Waals surface area contributed by atoms with Crippen LogP contribution in [0.3, 0.4) is 0 Å². The number of para-hydroxylation sites is 2. The van der Waals surface area contributed by atoms with Gasteiger partial charge in [-0.2, -0.15) is 0 Å². The molecule has 30 heavy (non-hydrogen) atoms. The maximum absolute atomic E-state index is 12.6. The van der Waals surface area contributed by atoms with Crippen LogP contribution in [0, 0.1) is 10.1 Å². The van der Waals surface area contributed by atoms with Gasteiger partial charge in [0.15, 0.2) is 0 Å². The molecule has 1 amide bonds. The third-order valence-electron chi connectivity index (χ3n) is 4.93. The van der Waals surface area contributed by atoms with Gasteiger partial charge in [-0.25, -0.2) is 4.98 Å². The van der Waals surface area contributed by atoms with Crippen LogP contribution in [0.4, 0.5) is 11.6 Å². The van der Waals surface area contributed by atoms with Crippen molar-refractivity contribution >= 4 is 28.6 Å². The second-order valence-corrected chi connectivity index (χ2v) is 6.76. The molecule has 0 spiro atoms. The van der Waals surface area contributed by atoms with Crippen molar-refractivity contribution in [3.63, 3.8) is 0 Å². The quantitative estimate of drug-likeness (QED) is 0.425. The molecular formula is C20H24N6O4. The molecule has 2 aromatic heterocycles. The number of benzene rings is 1. The number of rotatable bonds is 9. The number of amides is 1. The molecule has 0 unspecified atom stereocenters. The summed E-state index contributed by atoms with van der Waals surface area (Å²) in [6, 6.07) is 9.77. The van der Waals surface area contributed by atoms with Gasteiger partial charge in [-0.05, 0) is 25.2 Å². The third-order valence-corrected chi connectivity index (χ3v) is 4.93. The zero-order valence-corrected chi connectivity index (χ0v) is 16.9. The number of carbonyl (C=O) groups is 1. The number of carbonyl (C=O) groups excluding carboxylic acids is 1. The minimum atomic E-state index is -0.611. The molecule has 3 rings (SSSR count). The monoisotopic (exact) mass is 412 g/mol. The van der Waals surface area contributed by atoms with Crippen LogP contribution in [0.2, 0.25) is 0 Å². The Morgan fingerprint density at radius 2 is 1.93 bits per heavy atom. The van der Waals surface area contributed by atoms with E-state index in [1.807, 2.05) is 28.8 Å². The number of imidazole rings is 1. The minimum absolute atomic E-state index is 0.256. The first kappa shape index (κ1) is 21.2. The first-order valence-electron chi connectivity index (χ1n) is 9.75. The lowest BCUT2D eigenvalue weighted by Gasteiger charge is -2.19. The molecule has 10 heteroatoms. The lowest BCUT2D eigenvalue weighted by Crippen LogP contribution is -2.29. The predicted molar refractivity (Wildman–Crippen MR) is 114 cm³/mol. The van der Waals surface area contributed by atoms with E-state index in [9.17, 15) is 19.7 Å². The first-order chi connectivity index (χ1) is 14.4. The number of hydrogen-bond donors (Lipinski definition) is 1. The van der Waals surface area contributed by atoms with Crippen molar-refractivity contribution < 1.29 is 9.72 Å². The topological polar surface area (TPSA) is 115 Å². The maximum Gasteiger partial charge on any atom is 0.285 e. The summed E-state index contributed by atoms with van der Waals surface area (Å²) >= 11 is 0. The molecule has 2 heterocycles. The van der Waals surface area contributed by atoms with Crippen molar-refractivity contribution in [3.8, 4) is 0 Å². The number of likely N-dealkylation sites (N-methyl/N-ethyl adjacent to an activating group) is 1. The predicted octanol–water partition coefficient (Wildman–Crippen LogP) is 2.09. The van der Waals surface area contributed by atoms with Crippen molar-refractivity contribution in [3.05, 3.63) is 63.1 Å². The van der Waals surface area contributed by atoms with Gasteiger partial charge < -0.3 is 9.47 Å². The number of fused-ring (bicyclic) bond motifs is 1. The van der Waals surface area contributed by atoms with Gasteiger partial charge in [0.2, 0.25) is 11.9 Å². The summed E-state index contributed by atoms with van der Waals surface area (Å²) in [7, 11) is 0. The third kappa shape index (κ3) is 4.71. The molecule has 0 aliphatic rings. The highest BCUT2D eigenvalue weighted by Gasteiger charge is 2.16. The summed E-state index contributed by atoms with van der Waals surface area (Å²) in [5.74, 6) is -0.108. The van der Waals surface area contributed by atoms with Gasteiger partial charge in [0, 0.05) is 25.2 Å². The summed E-state index contributed by atoms with van der Waals surface area (Å²) in [6.45, 7) is 7.10. The van der Waals surface area contributed by atoms with E-state index in [1.54, 1.807) is 0 Å². The highest BCUT2D eigenvalue weighted by molar-refractivity contribution is 5.91. The van der Waals surface area contributed by atoms with Gasteiger partial charge in [0.1, 0.15) is 6.54 Å². The fraction of sp³-hybridized carbons (Fsp3) is 0.350. The van der Waals surface area contributed by atoms with E-state index in [-0.39, 0.29) is 12.2 Å². The molecule has 0 fully saturated rings. The SMILES string of the molecule is CCN(CC)CCn1c(NC(=O)Cn2cc([N+](=O)[O-])ccc2=O)nc2ccccc21. The Hall–Kier alpha value is -3.53. The summed E-state index contributed by atoms with van der Waals surface area (Å²) in [5, 5.41) is 13.7. The minimum Gasteiger partial charge on any atom is -0.309 e. The van der Waals surface area contributed by atoms with E-state index in [2.05, 4.69) is 29.0 Å². The summed E-state index contributed by atoms with van der Waals surface area (Å²) in [5.41, 5.74) is 0.895. The molecule has 0 aliphatic carbocycles. The van der Waals surface area contributed by atoms with Gasteiger partial charge in [-0.15, -0.1) is 0 Å². The van der Waals surface area contributed by atoms with Gasteiger partial charge >= 0.3 is 0 Å².